The molecule has 7 heteroatoms. The Kier molecular flexibility index (Phi) is 5.78. The molecule has 1 aromatic heterocycles. The molecule has 1 aliphatic heterocycles. The monoisotopic (exact) mass is 456 g/mol. The van der Waals surface area contributed by atoms with Gasteiger partial charge in [-0.3, -0.25) is 14.5 Å². The molecule has 1 fully saturated rings. The van der Waals surface area contributed by atoms with Crippen molar-refractivity contribution in [2.24, 2.45) is 0 Å². The van der Waals surface area contributed by atoms with Crippen molar-refractivity contribution in [2.75, 3.05) is 0 Å². The lowest BCUT2D eigenvalue weighted by atomic mass is 10.2. The van der Waals surface area contributed by atoms with Crippen molar-refractivity contribution in [3.8, 4) is 5.69 Å². The number of para-hydroxylation sites is 1. The van der Waals surface area contributed by atoms with Crippen LogP contribution in [0.2, 0.25) is 10.0 Å². The Morgan fingerprint density at radius 2 is 1.70 bits per heavy atom. The van der Waals surface area contributed by atoms with Crippen LogP contribution in [-0.4, -0.2) is 20.6 Å². The zero-order valence-electron chi connectivity index (χ0n) is 16.4. The van der Waals surface area contributed by atoms with Crippen LogP contribution in [0.5, 0.6) is 0 Å². The van der Waals surface area contributed by atoms with E-state index < -0.39 is 0 Å². The highest BCUT2D eigenvalue weighted by Crippen LogP contribution is 2.35. The van der Waals surface area contributed by atoms with Gasteiger partial charge in [0.1, 0.15) is 0 Å². The number of thioether (sulfide) groups is 1. The van der Waals surface area contributed by atoms with E-state index in [-0.39, 0.29) is 17.7 Å². The first-order valence-electron chi connectivity index (χ1n) is 9.29. The summed E-state index contributed by atoms with van der Waals surface area (Å²) in [5, 5.41) is 0.530. The van der Waals surface area contributed by atoms with Gasteiger partial charge in [0, 0.05) is 17.1 Å². The Labute approximate surface area is 189 Å². The molecular weight excluding hydrogens is 439 g/mol. The fraction of sp³-hybridized carbons (Fsp3) is 0.130. The molecule has 0 atom stereocenters. The first kappa shape index (κ1) is 20.8. The van der Waals surface area contributed by atoms with Gasteiger partial charge >= 0.3 is 0 Å². The Balaban J connectivity index is 1.62. The number of carbonyl (C=O) groups excluding carboxylic acids is 2. The number of aromatic nitrogens is 1. The van der Waals surface area contributed by atoms with Gasteiger partial charge < -0.3 is 4.57 Å². The quantitative estimate of drug-likeness (QED) is 0.413. The standard InChI is InChI=1S/C23H18Cl2N2O2S/c1-14-10-17(15(2)27(14)18-6-4-3-5-7-18)12-21-22(28)26(23(29)30-21)13-16-8-9-19(24)20(25)11-16/h3-12H,13H2,1-2H3/b21-12+. The summed E-state index contributed by atoms with van der Waals surface area (Å²) < 4.78 is 2.13. The number of rotatable bonds is 4. The van der Waals surface area contributed by atoms with Crippen molar-refractivity contribution in [3.63, 3.8) is 0 Å². The molecule has 1 aliphatic rings. The second-order valence-corrected chi connectivity index (χ2v) is 8.82. The third-order valence-corrected chi connectivity index (χ3v) is 6.62. The van der Waals surface area contributed by atoms with Gasteiger partial charge in [0.05, 0.1) is 21.5 Å². The second-order valence-electron chi connectivity index (χ2n) is 7.01. The van der Waals surface area contributed by atoms with Crippen molar-refractivity contribution in [1.29, 1.82) is 0 Å². The molecule has 4 rings (SSSR count). The average molecular weight is 457 g/mol. The van der Waals surface area contributed by atoms with E-state index >= 15 is 0 Å². The third-order valence-electron chi connectivity index (χ3n) is 4.97. The minimum atomic E-state index is -0.305. The topological polar surface area (TPSA) is 42.3 Å². The van der Waals surface area contributed by atoms with Gasteiger partial charge in [-0.15, -0.1) is 0 Å². The first-order chi connectivity index (χ1) is 14.3. The highest BCUT2D eigenvalue weighted by molar-refractivity contribution is 8.18. The van der Waals surface area contributed by atoms with Crippen molar-refractivity contribution in [1.82, 2.24) is 9.47 Å². The number of amides is 2. The molecule has 0 unspecified atom stereocenters. The summed E-state index contributed by atoms with van der Waals surface area (Å²) in [7, 11) is 0. The molecule has 2 amide bonds. The number of halogens is 2. The van der Waals surface area contributed by atoms with E-state index in [1.165, 1.54) is 4.90 Å². The molecule has 0 radical (unpaired) electrons. The molecule has 152 valence electrons. The Bertz CT molecular complexity index is 1190. The highest BCUT2D eigenvalue weighted by Gasteiger charge is 2.35. The van der Waals surface area contributed by atoms with Gasteiger partial charge in [0.25, 0.3) is 11.1 Å². The van der Waals surface area contributed by atoms with Crippen LogP contribution in [0.4, 0.5) is 4.79 Å². The van der Waals surface area contributed by atoms with Crippen molar-refractivity contribution < 1.29 is 9.59 Å². The van der Waals surface area contributed by atoms with Crippen LogP contribution in [0.3, 0.4) is 0 Å². The second kappa shape index (κ2) is 8.34. The predicted octanol–water partition coefficient (Wildman–Crippen LogP) is 6.64. The molecule has 2 heterocycles. The molecule has 0 spiro atoms. The Morgan fingerprint density at radius 1 is 0.967 bits per heavy atom. The Hall–Kier alpha value is -2.47. The maximum absolute atomic E-state index is 12.9. The zero-order chi connectivity index (χ0) is 21.4. The van der Waals surface area contributed by atoms with E-state index in [0.717, 1.165) is 40.0 Å². The fourth-order valence-corrected chi connectivity index (χ4v) is 4.66. The summed E-state index contributed by atoms with van der Waals surface area (Å²) in [5.41, 5.74) is 4.78. The third kappa shape index (κ3) is 3.93. The van der Waals surface area contributed by atoms with Gasteiger partial charge in [-0.05, 0) is 73.1 Å². The minimum Gasteiger partial charge on any atom is -0.318 e. The molecule has 0 aliphatic carbocycles. The van der Waals surface area contributed by atoms with E-state index in [1.807, 2.05) is 50.2 Å². The van der Waals surface area contributed by atoms with Gasteiger partial charge in [-0.1, -0.05) is 47.5 Å². The van der Waals surface area contributed by atoms with Crippen LogP contribution in [0.1, 0.15) is 22.5 Å². The molecule has 0 bridgehead atoms. The van der Waals surface area contributed by atoms with Crippen molar-refractivity contribution >= 4 is 52.2 Å². The Morgan fingerprint density at radius 3 is 2.40 bits per heavy atom. The van der Waals surface area contributed by atoms with E-state index in [0.29, 0.717) is 15.0 Å². The zero-order valence-corrected chi connectivity index (χ0v) is 18.7. The summed E-state index contributed by atoms with van der Waals surface area (Å²) in [4.78, 5) is 27.0. The van der Waals surface area contributed by atoms with Crippen LogP contribution >= 0.6 is 35.0 Å². The molecule has 0 saturated carbocycles. The maximum atomic E-state index is 12.9. The number of hydrogen-bond acceptors (Lipinski definition) is 3. The van der Waals surface area contributed by atoms with Crippen LogP contribution in [0.15, 0.2) is 59.5 Å². The summed E-state index contributed by atoms with van der Waals surface area (Å²) in [6.45, 7) is 4.18. The van der Waals surface area contributed by atoms with Gasteiger partial charge in [-0.2, -0.15) is 0 Å². The number of imide groups is 1. The van der Waals surface area contributed by atoms with Gasteiger partial charge in [0.15, 0.2) is 0 Å². The molecule has 2 aromatic carbocycles. The summed E-state index contributed by atoms with van der Waals surface area (Å²) in [6, 6.07) is 17.1. The highest BCUT2D eigenvalue weighted by atomic mass is 35.5. The lowest BCUT2D eigenvalue weighted by Gasteiger charge is -2.13. The molecule has 30 heavy (non-hydrogen) atoms. The molecule has 0 N–H and O–H groups in total. The summed E-state index contributed by atoms with van der Waals surface area (Å²) in [6.07, 6.45) is 1.79. The van der Waals surface area contributed by atoms with E-state index in [2.05, 4.69) is 4.57 Å². The summed E-state index contributed by atoms with van der Waals surface area (Å²) in [5.74, 6) is -0.305. The van der Waals surface area contributed by atoms with Crippen molar-refractivity contribution in [2.45, 2.75) is 20.4 Å². The van der Waals surface area contributed by atoms with Crippen LogP contribution < -0.4 is 0 Å². The van der Waals surface area contributed by atoms with E-state index in [9.17, 15) is 9.59 Å². The average Bonchev–Trinajstić information content (AvgIpc) is 3.15. The molecular formula is C23H18Cl2N2O2S. The number of carbonyl (C=O) groups is 2. The van der Waals surface area contributed by atoms with Gasteiger partial charge in [0.2, 0.25) is 0 Å². The molecule has 4 nitrogen and oxygen atoms in total. The van der Waals surface area contributed by atoms with E-state index in [4.69, 9.17) is 23.2 Å². The van der Waals surface area contributed by atoms with Crippen molar-refractivity contribution in [3.05, 3.63) is 92.1 Å². The maximum Gasteiger partial charge on any atom is 0.293 e. The number of benzene rings is 2. The fourth-order valence-electron chi connectivity index (χ4n) is 3.51. The summed E-state index contributed by atoms with van der Waals surface area (Å²) >= 11 is 13.0. The molecule has 3 aromatic rings. The minimum absolute atomic E-state index is 0.155. The van der Waals surface area contributed by atoms with E-state index in [1.54, 1.807) is 24.3 Å². The van der Waals surface area contributed by atoms with Gasteiger partial charge in [-0.25, -0.2) is 0 Å². The number of nitrogens with zero attached hydrogens (tertiary/aromatic N) is 2. The first-order valence-corrected chi connectivity index (χ1v) is 10.9. The lowest BCUT2D eigenvalue weighted by Crippen LogP contribution is -2.27. The van der Waals surface area contributed by atoms with Crippen LogP contribution in [0.25, 0.3) is 11.8 Å². The number of aryl methyl sites for hydroxylation is 1. The smallest absolute Gasteiger partial charge is 0.293 e. The SMILES string of the molecule is Cc1cc(/C=C2/SC(=O)N(Cc3ccc(Cl)c(Cl)c3)C2=O)c(C)n1-c1ccccc1. The van der Waals surface area contributed by atoms with Crippen LogP contribution in [-0.2, 0) is 11.3 Å². The largest absolute Gasteiger partial charge is 0.318 e. The molecule has 1 saturated heterocycles. The van der Waals surface area contributed by atoms with Crippen LogP contribution in [0, 0.1) is 13.8 Å². The predicted molar refractivity (Wildman–Crippen MR) is 123 cm³/mol. The number of hydrogen-bond donors (Lipinski definition) is 0. The normalized spacial score (nSPS) is 15.5. The lowest BCUT2D eigenvalue weighted by molar-refractivity contribution is -0.123.